The number of aliphatic hydroxyl groups is 1. The van der Waals surface area contributed by atoms with Crippen molar-refractivity contribution < 1.29 is 14.2 Å². The minimum atomic E-state index is -0.331. The van der Waals surface area contributed by atoms with Gasteiger partial charge in [0.05, 0.1) is 18.8 Å². The summed E-state index contributed by atoms with van der Waals surface area (Å²) in [5, 5.41) is 8.70. The van der Waals surface area contributed by atoms with Crippen LogP contribution in [0.1, 0.15) is 38.7 Å². The van der Waals surface area contributed by atoms with Crippen LogP contribution in [0.4, 0.5) is 4.39 Å². The van der Waals surface area contributed by atoms with Gasteiger partial charge < -0.3 is 9.84 Å². The number of rotatable bonds is 6. The molecule has 104 valence electrons. The van der Waals surface area contributed by atoms with Gasteiger partial charge in [-0.15, -0.1) is 0 Å². The maximum Gasteiger partial charge on any atom is 0.135 e. The summed E-state index contributed by atoms with van der Waals surface area (Å²) < 4.78 is 18.9. The van der Waals surface area contributed by atoms with E-state index in [1.54, 1.807) is 6.07 Å². The van der Waals surface area contributed by atoms with Gasteiger partial charge in [0, 0.05) is 6.42 Å². The van der Waals surface area contributed by atoms with E-state index in [2.05, 4.69) is 25.7 Å². The van der Waals surface area contributed by atoms with Gasteiger partial charge in [-0.3, -0.25) is 0 Å². The van der Waals surface area contributed by atoms with Crippen LogP contribution in [-0.4, -0.2) is 18.3 Å². The molecule has 0 aliphatic carbocycles. The Labute approximate surface area is 114 Å². The van der Waals surface area contributed by atoms with Crippen LogP contribution in [0.3, 0.4) is 0 Å². The largest absolute Gasteiger partial charge is 0.492 e. The molecule has 1 unspecified atom stereocenters. The molecule has 19 heavy (non-hydrogen) atoms. The average molecular weight is 264 g/mol. The molecule has 3 heteroatoms. The Balaban J connectivity index is 2.74. The first-order chi connectivity index (χ1) is 9.17. The first-order valence-corrected chi connectivity index (χ1v) is 6.69. The molecule has 0 spiro atoms. The molecule has 0 aromatic heterocycles. The van der Waals surface area contributed by atoms with Crippen LogP contribution in [0.25, 0.3) is 0 Å². The Morgan fingerprint density at radius 1 is 1.42 bits per heavy atom. The van der Waals surface area contributed by atoms with Crippen molar-refractivity contribution in [3.05, 3.63) is 29.6 Å². The van der Waals surface area contributed by atoms with Crippen LogP contribution in [0, 0.1) is 23.6 Å². The molecule has 0 heterocycles. The SMILES string of the molecule is CCCC(C)COc1ccc(F)cc1C#CCCO. The topological polar surface area (TPSA) is 29.5 Å². The quantitative estimate of drug-likeness (QED) is 0.798. The predicted molar refractivity (Wildman–Crippen MR) is 74.5 cm³/mol. The fraction of sp³-hybridized carbons (Fsp3) is 0.500. The molecule has 1 N–H and O–H groups in total. The zero-order valence-corrected chi connectivity index (χ0v) is 11.6. The van der Waals surface area contributed by atoms with Crippen LogP contribution in [0.5, 0.6) is 5.75 Å². The summed E-state index contributed by atoms with van der Waals surface area (Å²) in [6, 6.07) is 4.35. The highest BCUT2D eigenvalue weighted by Crippen LogP contribution is 2.20. The number of benzene rings is 1. The molecule has 0 bridgehead atoms. The third kappa shape index (κ3) is 5.76. The van der Waals surface area contributed by atoms with Crippen LogP contribution in [0.15, 0.2) is 18.2 Å². The molecule has 1 aromatic carbocycles. The molecule has 0 fully saturated rings. The summed E-state index contributed by atoms with van der Waals surface area (Å²) in [4.78, 5) is 0. The minimum absolute atomic E-state index is 0.00599. The highest BCUT2D eigenvalue weighted by Gasteiger charge is 2.06. The normalized spacial score (nSPS) is 11.6. The van der Waals surface area contributed by atoms with E-state index in [4.69, 9.17) is 9.84 Å². The predicted octanol–water partition coefficient (Wildman–Crippen LogP) is 3.37. The van der Waals surface area contributed by atoms with E-state index in [-0.39, 0.29) is 12.4 Å². The van der Waals surface area contributed by atoms with Gasteiger partial charge in [-0.2, -0.15) is 0 Å². The van der Waals surface area contributed by atoms with Crippen molar-refractivity contribution in [2.45, 2.75) is 33.1 Å². The number of aliphatic hydroxyl groups excluding tert-OH is 1. The highest BCUT2D eigenvalue weighted by molar-refractivity contribution is 5.46. The molecule has 1 rings (SSSR count). The van der Waals surface area contributed by atoms with Gasteiger partial charge in [0.25, 0.3) is 0 Å². The lowest BCUT2D eigenvalue weighted by atomic mass is 10.1. The van der Waals surface area contributed by atoms with Crippen molar-refractivity contribution in [1.82, 2.24) is 0 Å². The van der Waals surface area contributed by atoms with E-state index in [0.717, 1.165) is 12.8 Å². The van der Waals surface area contributed by atoms with E-state index in [0.29, 0.717) is 30.3 Å². The first kappa shape index (κ1) is 15.5. The number of halogens is 1. The van der Waals surface area contributed by atoms with Gasteiger partial charge in [0.15, 0.2) is 0 Å². The molecule has 0 saturated carbocycles. The number of hydrogen-bond acceptors (Lipinski definition) is 2. The zero-order valence-electron chi connectivity index (χ0n) is 11.6. The Bertz CT molecular complexity index is 446. The minimum Gasteiger partial charge on any atom is -0.492 e. The third-order valence-electron chi connectivity index (χ3n) is 2.71. The fourth-order valence-electron chi connectivity index (χ4n) is 1.75. The second kappa shape index (κ2) is 8.55. The van der Waals surface area contributed by atoms with E-state index in [1.807, 2.05) is 0 Å². The molecular formula is C16H21FO2. The van der Waals surface area contributed by atoms with Gasteiger partial charge in [0.1, 0.15) is 11.6 Å². The lowest BCUT2D eigenvalue weighted by Gasteiger charge is -2.13. The summed E-state index contributed by atoms with van der Waals surface area (Å²) in [5.74, 6) is 6.36. The molecule has 0 aliphatic heterocycles. The van der Waals surface area contributed by atoms with E-state index in [9.17, 15) is 4.39 Å². The van der Waals surface area contributed by atoms with Crippen LogP contribution < -0.4 is 4.74 Å². The number of ether oxygens (including phenoxy) is 1. The summed E-state index contributed by atoms with van der Waals surface area (Å²) in [6.07, 6.45) is 2.60. The van der Waals surface area contributed by atoms with E-state index < -0.39 is 0 Å². The Hall–Kier alpha value is -1.53. The van der Waals surface area contributed by atoms with Crippen molar-refractivity contribution >= 4 is 0 Å². The van der Waals surface area contributed by atoms with Crippen molar-refractivity contribution in [3.63, 3.8) is 0 Å². The van der Waals surface area contributed by atoms with Crippen LogP contribution in [0.2, 0.25) is 0 Å². The molecule has 2 nitrogen and oxygen atoms in total. The second-order valence-electron chi connectivity index (χ2n) is 4.62. The maximum atomic E-state index is 13.2. The van der Waals surface area contributed by atoms with Crippen LogP contribution in [-0.2, 0) is 0 Å². The van der Waals surface area contributed by atoms with Crippen molar-refractivity contribution in [1.29, 1.82) is 0 Å². The van der Waals surface area contributed by atoms with E-state index in [1.165, 1.54) is 12.1 Å². The zero-order chi connectivity index (χ0) is 14.1. The molecule has 0 aliphatic rings. The van der Waals surface area contributed by atoms with Crippen molar-refractivity contribution in [2.75, 3.05) is 13.2 Å². The monoisotopic (exact) mass is 264 g/mol. The van der Waals surface area contributed by atoms with Gasteiger partial charge in [-0.05, 0) is 30.5 Å². The Morgan fingerprint density at radius 3 is 2.89 bits per heavy atom. The lowest BCUT2D eigenvalue weighted by Crippen LogP contribution is -2.09. The van der Waals surface area contributed by atoms with Crippen LogP contribution >= 0.6 is 0 Å². The smallest absolute Gasteiger partial charge is 0.135 e. The molecule has 0 amide bonds. The molecule has 1 atom stereocenters. The van der Waals surface area contributed by atoms with Gasteiger partial charge in [-0.25, -0.2) is 4.39 Å². The molecular weight excluding hydrogens is 243 g/mol. The third-order valence-corrected chi connectivity index (χ3v) is 2.71. The molecule has 1 aromatic rings. The standard InChI is InChI=1S/C16H21FO2/c1-3-6-13(2)12-19-16-9-8-15(17)11-14(16)7-4-5-10-18/h8-9,11,13,18H,3,5-6,10,12H2,1-2H3. The first-order valence-electron chi connectivity index (χ1n) is 6.69. The summed E-state index contributed by atoms with van der Waals surface area (Å²) in [5.41, 5.74) is 0.539. The Kier molecular flexibility index (Phi) is 6.99. The van der Waals surface area contributed by atoms with Crippen molar-refractivity contribution in [2.24, 2.45) is 5.92 Å². The summed E-state index contributed by atoms with van der Waals surface area (Å²) in [6.45, 7) is 4.88. The second-order valence-corrected chi connectivity index (χ2v) is 4.62. The fourth-order valence-corrected chi connectivity index (χ4v) is 1.75. The molecule has 0 saturated heterocycles. The summed E-state index contributed by atoms with van der Waals surface area (Å²) >= 11 is 0. The van der Waals surface area contributed by atoms with Gasteiger partial charge >= 0.3 is 0 Å². The van der Waals surface area contributed by atoms with Gasteiger partial charge in [-0.1, -0.05) is 32.1 Å². The number of hydrogen-bond donors (Lipinski definition) is 1. The van der Waals surface area contributed by atoms with E-state index >= 15 is 0 Å². The van der Waals surface area contributed by atoms with Gasteiger partial charge in [0.2, 0.25) is 0 Å². The maximum absolute atomic E-state index is 13.2. The van der Waals surface area contributed by atoms with Crippen molar-refractivity contribution in [3.8, 4) is 17.6 Å². The average Bonchev–Trinajstić information content (AvgIpc) is 2.38. The highest BCUT2D eigenvalue weighted by atomic mass is 19.1. The lowest BCUT2D eigenvalue weighted by molar-refractivity contribution is 0.250. The molecule has 0 radical (unpaired) electrons. The summed E-state index contributed by atoms with van der Waals surface area (Å²) in [7, 11) is 0. The Morgan fingerprint density at radius 2 is 2.21 bits per heavy atom.